The molecule has 7 nitrogen and oxygen atoms in total. The van der Waals surface area contributed by atoms with E-state index in [4.69, 9.17) is 9.47 Å². The molecule has 2 aromatic rings. The van der Waals surface area contributed by atoms with Crippen LogP contribution in [0.5, 0.6) is 5.75 Å². The number of amides is 2. The molecule has 0 spiro atoms. The van der Waals surface area contributed by atoms with Crippen LogP contribution in [0, 0.1) is 6.92 Å². The molecule has 32 heavy (non-hydrogen) atoms. The summed E-state index contributed by atoms with van der Waals surface area (Å²) in [6.45, 7) is 3.88. The minimum Gasteiger partial charge on any atom is -0.495 e. The number of anilines is 1. The Bertz CT molecular complexity index is 1040. The van der Waals surface area contributed by atoms with Gasteiger partial charge in [0.1, 0.15) is 11.8 Å². The molecular weight excluding hydrogens is 428 g/mol. The van der Waals surface area contributed by atoms with Gasteiger partial charge in [0, 0.05) is 17.7 Å². The van der Waals surface area contributed by atoms with Crippen LogP contribution in [0.3, 0.4) is 0 Å². The minimum atomic E-state index is -1.16. The van der Waals surface area contributed by atoms with E-state index >= 15 is 0 Å². The molecule has 4 rings (SSSR count). The largest absolute Gasteiger partial charge is 0.495 e. The predicted molar refractivity (Wildman–Crippen MR) is 122 cm³/mol. The van der Waals surface area contributed by atoms with Crippen LogP contribution >= 0.6 is 11.8 Å². The Labute approximate surface area is 191 Å². The molecule has 0 saturated carbocycles. The van der Waals surface area contributed by atoms with Crippen LogP contribution in [0.25, 0.3) is 0 Å². The molecule has 2 fully saturated rings. The summed E-state index contributed by atoms with van der Waals surface area (Å²) in [5, 5.41) is 2.83. The molecule has 3 atom stereocenters. The van der Waals surface area contributed by atoms with Crippen molar-refractivity contribution in [2.45, 2.75) is 43.7 Å². The van der Waals surface area contributed by atoms with E-state index in [1.807, 2.05) is 26.0 Å². The minimum absolute atomic E-state index is 0.0512. The summed E-state index contributed by atoms with van der Waals surface area (Å²) >= 11 is 1.58. The fourth-order valence-corrected chi connectivity index (χ4v) is 5.63. The average Bonchev–Trinajstić information content (AvgIpc) is 3.28. The number of esters is 1. The number of benzene rings is 2. The number of hydrogen-bond acceptors (Lipinski definition) is 6. The van der Waals surface area contributed by atoms with Crippen molar-refractivity contribution in [3.05, 3.63) is 59.7 Å². The molecule has 8 heteroatoms. The number of fused-ring (bicyclic) bond motifs is 1. The summed E-state index contributed by atoms with van der Waals surface area (Å²) in [7, 11) is 1.52. The summed E-state index contributed by atoms with van der Waals surface area (Å²) in [6, 6.07) is 13.6. The van der Waals surface area contributed by atoms with Gasteiger partial charge >= 0.3 is 5.97 Å². The third-order valence-electron chi connectivity index (χ3n) is 5.90. The lowest BCUT2D eigenvalue weighted by molar-refractivity contribution is -0.161. The van der Waals surface area contributed by atoms with Crippen LogP contribution in [0.4, 0.5) is 5.69 Å². The summed E-state index contributed by atoms with van der Waals surface area (Å²) in [5.41, 5.74) is 1.99. The Hall–Kier alpha value is -3.00. The van der Waals surface area contributed by atoms with E-state index in [0.29, 0.717) is 35.6 Å². The van der Waals surface area contributed by atoms with Gasteiger partial charge in [-0.25, -0.2) is 4.79 Å². The van der Waals surface area contributed by atoms with Crippen molar-refractivity contribution in [3.8, 4) is 5.75 Å². The van der Waals surface area contributed by atoms with Gasteiger partial charge in [0.25, 0.3) is 5.91 Å². The number of aryl methyl sites for hydroxylation is 1. The lowest BCUT2D eigenvalue weighted by atomic mass is 10.1. The fourth-order valence-electron chi connectivity index (χ4n) is 4.21. The van der Waals surface area contributed by atoms with E-state index in [1.54, 1.807) is 53.1 Å². The number of ether oxygens (including phenoxy) is 2. The van der Waals surface area contributed by atoms with Gasteiger partial charge in [0.05, 0.1) is 17.7 Å². The molecule has 2 aliphatic rings. The molecule has 168 valence electrons. The molecule has 0 aliphatic carbocycles. The predicted octanol–water partition coefficient (Wildman–Crippen LogP) is 3.68. The third-order valence-corrected chi connectivity index (χ3v) is 7.41. The highest BCUT2D eigenvalue weighted by Crippen LogP contribution is 2.47. The second-order valence-electron chi connectivity index (χ2n) is 8.19. The second-order valence-corrected chi connectivity index (χ2v) is 9.69. The maximum Gasteiger partial charge on any atom is 0.330 e. The van der Waals surface area contributed by atoms with E-state index in [0.717, 1.165) is 5.56 Å². The quantitative estimate of drug-likeness (QED) is 0.671. The number of hydrogen-bond donors (Lipinski definition) is 1. The zero-order valence-corrected chi connectivity index (χ0v) is 19.1. The molecule has 2 aliphatic heterocycles. The third kappa shape index (κ3) is 4.19. The van der Waals surface area contributed by atoms with Gasteiger partial charge in [-0.15, -0.1) is 11.8 Å². The summed E-state index contributed by atoms with van der Waals surface area (Å²) in [4.78, 5) is 40.1. The molecule has 2 heterocycles. The van der Waals surface area contributed by atoms with E-state index in [2.05, 4.69) is 5.32 Å². The normalized spacial score (nSPS) is 22.9. The number of carbonyl (C=O) groups is 3. The lowest BCUT2D eigenvalue weighted by Crippen LogP contribution is -2.47. The van der Waals surface area contributed by atoms with Crippen molar-refractivity contribution in [2.24, 2.45) is 0 Å². The molecule has 2 amide bonds. The Kier molecular flexibility index (Phi) is 6.15. The maximum atomic E-state index is 13.3. The summed E-state index contributed by atoms with van der Waals surface area (Å²) < 4.78 is 11.1. The van der Waals surface area contributed by atoms with E-state index in [-0.39, 0.29) is 10.8 Å². The average molecular weight is 455 g/mol. The molecule has 0 unspecified atom stereocenters. The van der Waals surface area contributed by atoms with Crippen LogP contribution < -0.4 is 10.1 Å². The highest BCUT2D eigenvalue weighted by Gasteiger charge is 2.54. The first kappa shape index (κ1) is 22.2. The van der Waals surface area contributed by atoms with Gasteiger partial charge in [-0.05, 0) is 38.0 Å². The number of methoxy groups -OCH3 is 1. The monoisotopic (exact) mass is 454 g/mol. The highest BCUT2D eigenvalue weighted by atomic mass is 32.2. The molecule has 2 saturated heterocycles. The van der Waals surface area contributed by atoms with E-state index < -0.39 is 24.0 Å². The molecule has 0 aromatic heterocycles. The maximum absolute atomic E-state index is 13.3. The number of nitrogens with zero attached hydrogens (tertiary/aromatic N) is 1. The van der Waals surface area contributed by atoms with Crippen LogP contribution in [0.15, 0.2) is 48.5 Å². The second kappa shape index (κ2) is 8.86. The first-order valence-electron chi connectivity index (χ1n) is 10.5. The first-order valence-corrected chi connectivity index (χ1v) is 11.5. The topological polar surface area (TPSA) is 84.9 Å². The van der Waals surface area contributed by atoms with Crippen molar-refractivity contribution in [3.63, 3.8) is 0 Å². The van der Waals surface area contributed by atoms with Crippen LogP contribution in [-0.4, -0.2) is 46.5 Å². The molecular formula is C24H26N2O5S. The summed E-state index contributed by atoms with van der Waals surface area (Å²) in [5.74, 6) is -0.153. The van der Waals surface area contributed by atoms with Crippen molar-refractivity contribution in [1.29, 1.82) is 0 Å². The van der Waals surface area contributed by atoms with Crippen molar-refractivity contribution in [2.75, 3.05) is 18.2 Å². The van der Waals surface area contributed by atoms with Crippen LogP contribution in [0.2, 0.25) is 0 Å². The summed E-state index contributed by atoms with van der Waals surface area (Å²) in [6.07, 6.45) is -0.0394. The van der Waals surface area contributed by atoms with Gasteiger partial charge in [-0.3, -0.25) is 9.59 Å². The van der Waals surface area contributed by atoms with Gasteiger partial charge in [-0.1, -0.05) is 36.4 Å². The first-order chi connectivity index (χ1) is 15.3. The van der Waals surface area contributed by atoms with Crippen LogP contribution in [0.1, 0.15) is 37.0 Å². The zero-order chi connectivity index (χ0) is 22.9. The van der Waals surface area contributed by atoms with Gasteiger partial charge in [0.2, 0.25) is 12.0 Å². The molecule has 1 N–H and O–H groups in total. The number of thioether (sulfide) groups is 1. The zero-order valence-electron chi connectivity index (χ0n) is 18.3. The molecule has 0 bridgehead atoms. The molecule has 0 radical (unpaired) electrons. The Balaban J connectivity index is 1.58. The molecule has 2 aromatic carbocycles. The van der Waals surface area contributed by atoms with E-state index in [1.165, 1.54) is 7.11 Å². The van der Waals surface area contributed by atoms with E-state index in [9.17, 15) is 14.4 Å². The number of nitrogens with one attached hydrogen (secondary N) is 1. The smallest absolute Gasteiger partial charge is 0.330 e. The van der Waals surface area contributed by atoms with Crippen LogP contribution in [-0.2, 0) is 19.1 Å². The fraction of sp³-hybridized carbons (Fsp3) is 0.375. The standard InChI is InChI=1S/C24H26N2O5S/c1-15-9-10-19(30-3)17(13-15)25-22(28)21(16-7-5-4-6-8-16)31-23(29)18-14-32-24(2)12-11-20(27)26(18)24/h4-10,13,18,21H,11-12,14H2,1-3H3,(H,25,28)/t18-,21+,24-/m0/s1. The number of rotatable bonds is 6. The van der Waals surface area contributed by atoms with Crippen molar-refractivity contribution < 1.29 is 23.9 Å². The lowest BCUT2D eigenvalue weighted by Gasteiger charge is -2.30. The van der Waals surface area contributed by atoms with Gasteiger partial charge in [0.15, 0.2) is 0 Å². The van der Waals surface area contributed by atoms with Gasteiger partial charge < -0.3 is 19.7 Å². The van der Waals surface area contributed by atoms with Crippen molar-refractivity contribution in [1.82, 2.24) is 4.90 Å². The number of carbonyl (C=O) groups excluding carboxylic acids is 3. The highest BCUT2D eigenvalue weighted by molar-refractivity contribution is 8.01. The Morgan fingerprint density at radius 2 is 1.97 bits per heavy atom. The Morgan fingerprint density at radius 3 is 2.69 bits per heavy atom. The van der Waals surface area contributed by atoms with Crippen molar-refractivity contribution >= 4 is 35.2 Å². The Morgan fingerprint density at radius 1 is 1.22 bits per heavy atom. The SMILES string of the molecule is COc1ccc(C)cc1NC(=O)[C@H](OC(=O)[C@@H]1CS[C@@]2(C)CCC(=O)N12)c1ccccc1. The van der Waals surface area contributed by atoms with Gasteiger partial charge in [-0.2, -0.15) is 0 Å².